The highest BCUT2D eigenvalue weighted by atomic mass is 16.5. The van der Waals surface area contributed by atoms with Gasteiger partial charge in [-0.2, -0.15) is 5.26 Å². The first kappa shape index (κ1) is 16.2. The highest BCUT2D eigenvalue weighted by Gasteiger charge is 2.15. The molecule has 0 saturated heterocycles. The van der Waals surface area contributed by atoms with Gasteiger partial charge in [0.1, 0.15) is 23.0 Å². The van der Waals surface area contributed by atoms with Crippen molar-refractivity contribution in [3.05, 3.63) is 34.9 Å². The maximum atomic E-state index is 11.7. The molecule has 0 aromatic heterocycles. The van der Waals surface area contributed by atoms with Gasteiger partial charge in [-0.25, -0.2) is 9.59 Å². The Hall–Kier alpha value is -2.81. The number of phenols is 1. The minimum Gasteiger partial charge on any atom is -0.506 e. The highest BCUT2D eigenvalue weighted by Crippen LogP contribution is 2.25. The number of esters is 1. The van der Waals surface area contributed by atoms with Crippen molar-refractivity contribution in [2.45, 2.75) is 13.8 Å². The first-order chi connectivity index (χ1) is 9.86. The summed E-state index contributed by atoms with van der Waals surface area (Å²) in [5.74, 6) is -2.50. The fourth-order valence-corrected chi connectivity index (χ4v) is 1.46. The maximum Gasteiger partial charge on any atom is 0.348 e. The van der Waals surface area contributed by atoms with E-state index in [-0.39, 0.29) is 29.2 Å². The van der Waals surface area contributed by atoms with Crippen LogP contribution in [0.4, 0.5) is 0 Å². The Kier molecular flexibility index (Phi) is 5.49. The molecule has 21 heavy (non-hydrogen) atoms. The first-order valence-corrected chi connectivity index (χ1v) is 6.21. The van der Waals surface area contributed by atoms with Crippen LogP contribution in [0.2, 0.25) is 0 Å². The summed E-state index contributed by atoms with van der Waals surface area (Å²) < 4.78 is 4.92. The van der Waals surface area contributed by atoms with E-state index in [0.29, 0.717) is 0 Å². The number of para-hydroxylation sites is 1. The molecular weight excluding hydrogens is 274 g/mol. The van der Waals surface area contributed by atoms with Gasteiger partial charge in [-0.15, -0.1) is 0 Å². The van der Waals surface area contributed by atoms with Gasteiger partial charge in [0.15, 0.2) is 0 Å². The van der Waals surface area contributed by atoms with Crippen LogP contribution in [0.15, 0.2) is 23.8 Å². The number of rotatable bonds is 5. The van der Waals surface area contributed by atoms with Crippen LogP contribution in [0.1, 0.15) is 29.8 Å². The summed E-state index contributed by atoms with van der Waals surface area (Å²) in [7, 11) is 0. The van der Waals surface area contributed by atoms with E-state index >= 15 is 0 Å². The van der Waals surface area contributed by atoms with Crippen LogP contribution in [0, 0.1) is 17.2 Å². The summed E-state index contributed by atoms with van der Waals surface area (Å²) in [4.78, 5) is 22.6. The Morgan fingerprint density at radius 1 is 1.43 bits per heavy atom. The number of hydrogen-bond donors (Lipinski definition) is 2. The summed E-state index contributed by atoms with van der Waals surface area (Å²) in [6.07, 6.45) is 1.10. The van der Waals surface area contributed by atoms with E-state index in [2.05, 4.69) is 0 Å². The molecule has 0 heterocycles. The Morgan fingerprint density at radius 2 is 2.10 bits per heavy atom. The number of aromatic carboxylic acids is 1. The third kappa shape index (κ3) is 4.35. The standard InChI is InChI=1S/C15H15NO5/c1-9(2)8-21-15(20)11(7-16)6-10-4-3-5-12(13(10)17)14(18)19/h3-6,9,17H,8H2,1-2H3,(H,18,19)/b11-6+. The molecule has 6 nitrogen and oxygen atoms in total. The molecule has 1 aromatic rings. The van der Waals surface area contributed by atoms with Crippen molar-refractivity contribution < 1.29 is 24.5 Å². The van der Waals surface area contributed by atoms with E-state index < -0.39 is 17.7 Å². The van der Waals surface area contributed by atoms with E-state index in [1.54, 1.807) is 6.07 Å². The lowest BCUT2D eigenvalue weighted by Crippen LogP contribution is -2.11. The molecule has 0 aliphatic rings. The van der Waals surface area contributed by atoms with Crippen LogP contribution in [-0.4, -0.2) is 28.8 Å². The van der Waals surface area contributed by atoms with E-state index in [4.69, 9.17) is 15.1 Å². The summed E-state index contributed by atoms with van der Waals surface area (Å²) in [6, 6.07) is 5.70. The van der Waals surface area contributed by atoms with Crippen LogP contribution in [-0.2, 0) is 9.53 Å². The van der Waals surface area contributed by atoms with Crippen molar-refractivity contribution in [2.75, 3.05) is 6.61 Å². The van der Waals surface area contributed by atoms with Gasteiger partial charge in [-0.3, -0.25) is 0 Å². The number of hydrogen-bond acceptors (Lipinski definition) is 5. The number of carboxylic acids is 1. The summed E-state index contributed by atoms with van der Waals surface area (Å²) >= 11 is 0. The maximum absolute atomic E-state index is 11.7. The Morgan fingerprint density at radius 3 is 2.62 bits per heavy atom. The molecule has 0 unspecified atom stereocenters. The number of carbonyl (C=O) groups excluding carboxylic acids is 1. The van der Waals surface area contributed by atoms with E-state index in [9.17, 15) is 14.7 Å². The third-order valence-corrected chi connectivity index (χ3v) is 2.49. The van der Waals surface area contributed by atoms with Crippen molar-refractivity contribution in [3.8, 4) is 11.8 Å². The number of benzene rings is 1. The van der Waals surface area contributed by atoms with Gasteiger partial charge in [-0.05, 0) is 18.1 Å². The lowest BCUT2D eigenvalue weighted by atomic mass is 10.1. The molecule has 110 valence electrons. The van der Waals surface area contributed by atoms with Crippen molar-refractivity contribution in [1.82, 2.24) is 0 Å². The van der Waals surface area contributed by atoms with Crippen LogP contribution >= 0.6 is 0 Å². The average molecular weight is 289 g/mol. The lowest BCUT2D eigenvalue weighted by molar-refractivity contribution is -0.139. The normalized spacial score (nSPS) is 11.0. The zero-order chi connectivity index (χ0) is 16.0. The number of carbonyl (C=O) groups is 2. The number of carboxylic acid groups (broad SMARTS) is 1. The Balaban J connectivity index is 3.10. The zero-order valence-corrected chi connectivity index (χ0v) is 11.7. The molecule has 0 atom stereocenters. The van der Waals surface area contributed by atoms with Crippen molar-refractivity contribution in [2.24, 2.45) is 5.92 Å². The van der Waals surface area contributed by atoms with Crippen molar-refractivity contribution in [1.29, 1.82) is 5.26 Å². The SMILES string of the molecule is CC(C)COC(=O)/C(C#N)=C/c1cccc(C(=O)O)c1O. The van der Waals surface area contributed by atoms with Gasteiger partial charge in [0.25, 0.3) is 0 Å². The minimum atomic E-state index is -1.30. The smallest absolute Gasteiger partial charge is 0.348 e. The van der Waals surface area contributed by atoms with E-state index in [1.165, 1.54) is 18.2 Å². The molecule has 1 aromatic carbocycles. The van der Waals surface area contributed by atoms with Crippen molar-refractivity contribution >= 4 is 18.0 Å². The monoisotopic (exact) mass is 289 g/mol. The molecule has 6 heteroatoms. The largest absolute Gasteiger partial charge is 0.506 e. The van der Waals surface area contributed by atoms with Crippen LogP contribution in [0.3, 0.4) is 0 Å². The molecule has 2 N–H and O–H groups in total. The summed E-state index contributed by atoms with van der Waals surface area (Å²) in [5, 5.41) is 27.7. The van der Waals surface area contributed by atoms with Gasteiger partial charge >= 0.3 is 11.9 Å². The van der Waals surface area contributed by atoms with Crippen LogP contribution < -0.4 is 0 Å². The topological polar surface area (TPSA) is 108 Å². The predicted molar refractivity (Wildman–Crippen MR) is 74.5 cm³/mol. The number of nitrogens with zero attached hydrogens (tertiary/aromatic N) is 1. The molecule has 0 spiro atoms. The molecule has 0 aliphatic carbocycles. The second-order valence-corrected chi connectivity index (χ2v) is 4.71. The Bertz CT molecular complexity index is 625. The zero-order valence-electron chi connectivity index (χ0n) is 11.7. The van der Waals surface area contributed by atoms with Gasteiger partial charge < -0.3 is 14.9 Å². The summed E-state index contributed by atoms with van der Waals surface area (Å²) in [6.45, 7) is 3.87. The Labute approximate surface area is 121 Å². The molecule has 0 fully saturated rings. The quantitative estimate of drug-likeness (QED) is 0.488. The van der Waals surface area contributed by atoms with Gasteiger partial charge in [0.2, 0.25) is 0 Å². The van der Waals surface area contributed by atoms with E-state index in [0.717, 1.165) is 6.08 Å². The van der Waals surface area contributed by atoms with Gasteiger partial charge in [0, 0.05) is 5.56 Å². The molecule has 0 saturated carbocycles. The molecular formula is C15H15NO5. The molecule has 0 radical (unpaired) electrons. The molecule has 0 amide bonds. The summed E-state index contributed by atoms with van der Waals surface area (Å²) in [5.41, 5.74) is -0.557. The number of ether oxygens (including phenoxy) is 1. The highest BCUT2D eigenvalue weighted by molar-refractivity contribution is 5.99. The first-order valence-electron chi connectivity index (χ1n) is 6.21. The van der Waals surface area contributed by atoms with Crippen molar-refractivity contribution in [3.63, 3.8) is 0 Å². The van der Waals surface area contributed by atoms with Gasteiger partial charge in [0.05, 0.1) is 6.61 Å². The number of aromatic hydroxyl groups is 1. The van der Waals surface area contributed by atoms with E-state index in [1.807, 2.05) is 13.8 Å². The second kappa shape index (κ2) is 7.10. The van der Waals surface area contributed by atoms with Crippen LogP contribution in [0.25, 0.3) is 6.08 Å². The number of nitriles is 1. The van der Waals surface area contributed by atoms with Crippen LogP contribution in [0.5, 0.6) is 5.75 Å². The molecule has 0 bridgehead atoms. The van der Waals surface area contributed by atoms with Gasteiger partial charge in [-0.1, -0.05) is 26.0 Å². The predicted octanol–water partition coefficient (Wildman–Crippen LogP) is 2.20. The third-order valence-electron chi connectivity index (χ3n) is 2.49. The molecule has 1 rings (SSSR count). The minimum absolute atomic E-state index is 0.0629. The second-order valence-electron chi connectivity index (χ2n) is 4.71. The fourth-order valence-electron chi connectivity index (χ4n) is 1.46. The molecule has 0 aliphatic heterocycles. The average Bonchev–Trinajstić information content (AvgIpc) is 2.43. The fraction of sp³-hybridized carbons (Fsp3) is 0.267. The lowest BCUT2D eigenvalue weighted by Gasteiger charge is -2.07.